The van der Waals surface area contributed by atoms with Crippen molar-refractivity contribution in [2.45, 2.75) is 30.9 Å². The Morgan fingerprint density at radius 2 is 1.68 bits per heavy atom. The van der Waals surface area contributed by atoms with Crippen LogP contribution in [0.15, 0.2) is 54.6 Å². The number of anilines is 1. The van der Waals surface area contributed by atoms with E-state index in [0.717, 1.165) is 16.5 Å². The molecule has 4 heteroatoms. The van der Waals surface area contributed by atoms with E-state index in [-0.39, 0.29) is 5.91 Å². The number of rotatable bonds is 5. The van der Waals surface area contributed by atoms with Gasteiger partial charge in [-0.1, -0.05) is 0 Å². The summed E-state index contributed by atoms with van der Waals surface area (Å²) < 4.78 is 1.19. The molecular weight excluding hydrogens is 357 g/mol. The Morgan fingerprint density at radius 1 is 1.00 bits per heavy atom. The Kier molecular flexibility index (Phi) is 5.60. The average molecular weight is 376 g/mol. The third-order valence-electron chi connectivity index (χ3n) is 3.74. The zero-order valence-corrected chi connectivity index (χ0v) is 14.9. The molecule has 0 bridgehead atoms. The predicted molar refractivity (Wildman–Crippen MR) is 96.1 cm³/mol. The van der Waals surface area contributed by atoms with Gasteiger partial charge in [0.05, 0.1) is 0 Å². The summed E-state index contributed by atoms with van der Waals surface area (Å²) in [6.45, 7) is 0. The van der Waals surface area contributed by atoms with E-state index in [4.69, 9.17) is 0 Å². The van der Waals surface area contributed by atoms with Gasteiger partial charge in [0.25, 0.3) is 0 Å². The van der Waals surface area contributed by atoms with Gasteiger partial charge in [-0.2, -0.15) is 0 Å². The van der Waals surface area contributed by atoms with E-state index >= 15 is 0 Å². The summed E-state index contributed by atoms with van der Waals surface area (Å²) in [5.74, 6) is -0.00398. The first-order chi connectivity index (χ1) is 10.8. The van der Waals surface area contributed by atoms with Crippen LogP contribution in [0.25, 0.3) is 0 Å². The molecule has 3 rings (SSSR count). The van der Waals surface area contributed by atoms with Crippen LogP contribution in [0, 0.1) is 0 Å². The van der Waals surface area contributed by atoms with Gasteiger partial charge in [0.2, 0.25) is 0 Å². The van der Waals surface area contributed by atoms with Gasteiger partial charge in [-0.3, -0.25) is 0 Å². The summed E-state index contributed by atoms with van der Waals surface area (Å²) in [5.41, 5.74) is 1.66. The van der Waals surface area contributed by atoms with Crippen molar-refractivity contribution >= 4 is 40.1 Å². The van der Waals surface area contributed by atoms with E-state index in [1.54, 1.807) is 0 Å². The molecule has 0 spiro atoms. The van der Waals surface area contributed by atoms with Crippen LogP contribution in [0.5, 0.6) is 0 Å². The number of hydrogen-bond donors (Lipinski definition) is 1. The van der Waals surface area contributed by atoms with E-state index in [0.29, 0.717) is 13.8 Å². The van der Waals surface area contributed by atoms with Crippen LogP contribution >= 0.6 is 10.2 Å². The fourth-order valence-corrected chi connectivity index (χ4v) is 7.60. The van der Waals surface area contributed by atoms with Crippen molar-refractivity contribution in [1.82, 2.24) is 0 Å². The van der Waals surface area contributed by atoms with Crippen molar-refractivity contribution < 1.29 is 4.79 Å². The first-order valence-corrected chi connectivity index (χ1v) is 11.4. The van der Waals surface area contributed by atoms with Crippen molar-refractivity contribution in [3.63, 3.8) is 0 Å². The molecule has 0 saturated heterocycles. The number of benzene rings is 2. The monoisotopic (exact) mass is 377 g/mol. The molecule has 2 aromatic carbocycles. The molecule has 114 valence electrons. The van der Waals surface area contributed by atoms with E-state index < -0.39 is 0 Å². The number of para-hydroxylation sites is 1. The van der Waals surface area contributed by atoms with Gasteiger partial charge in [-0.15, -0.1) is 0 Å². The quantitative estimate of drug-likeness (QED) is 0.803. The molecule has 0 aliphatic heterocycles. The molecule has 1 saturated carbocycles. The van der Waals surface area contributed by atoms with Crippen molar-refractivity contribution in [2.75, 3.05) is 5.32 Å². The maximum atomic E-state index is 12.5. The van der Waals surface area contributed by atoms with E-state index in [1.807, 2.05) is 48.5 Å². The molecule has 1 fully saturated rings. The number of amides is 1. The molecule has 0 atom stereocenters. The second-order valence-corrected chi connectivity index (χ2v) is 9.61. The minimum absolute atomic E-state index is 0.00398. The number of nitrogens with one attached hydrogen (secondary N) is 1. The van der Waals surface area contributed by atoms with Crippen LogP contribution in [0.2, 0.25) is 0 Å². The normalized spacial score (nSPS) is 14.9. The Balaban J connectivity index is 1.68. The number of carbonyl (C=O) groups is 1. The Bertz CT molecular complexity index is 626. The average Bonchev–Trinajstić information content (AvgIpc) is 3.07. The molecule has 22 heavy (non-hydrogen) atoms. The SMILES string of the molecule is O=C(Nc1ccccc1)c1ccccc1[Se]SC1CCCC1. The molecular formula is C18H19NOSSe. The summed E-state index contributed by atoms with van der Waals surface area (Å²) >= 11 is 0.305. The number of hydrogen-bond acceptors (Lipinski definition) is 2. The Hall–Kier alpha value is -1.22. The third-order valence-corrected chi connectivity index (χ3v) is 8.95. The molecule has 1 amide bonds. The zero-order valence-electron chi connectivity index (χ0n) is 12.3. The van der Waals surface area contributed by atoms with Gasteiger partial charge in [-0.05, 0) is 0 Å². The van der Waals surface area contributed by atoms with E-state index in [2.05, 4.69) is 21.6 Å². The molecule has 1 N–H and O–H groups in total. The first-order valence-electron chi connectivity index (χ1n) is 7.62. The van der Waals surface area contributed by atoms with Gasteiger partial charge in [-0.25, -0.2) is 0 Å². The van der Waals surface area contributed by atoms with Crippen molar-refractivity contribution in [1.29, 1.82) is 0 Å². The van der Waals surface area contributed by atoms with Crippen LogP contribution in [0.3, 0.4) is 0 Å². The summed E-state index contributed by atoms with van der Waals surface area (Å²) in [6.07, 6.45) is 5.41. The van der Waals surface area contributed by atoms with Crippen LogP contribution in [0.4, 0.5) is 5.69 Å². The van der Waals surface area contributed by atoms with Crippen molar-refractivity contribution in [2.24, 2.45) is 0 Å². The van der Waals surface area contributed by atoms with E-state index in [1.165, 1.54) is 30.1 Å². The molecule has 1 aliphatic carbocycles. The first kappa shape index (κ1) is 15.7. The summed E-state index contributed by atoms with van der Waals surface area (Å²) in [6, 6.07) is 17.7. The number of carbonyl (C=O) groups excluding carboxylic acids is 1. The molecule has 2 nitrogen and oxygen atoms in total. The second-order valence-electron chi connectivity index (χ2n) is 5.40. The van der Waals surface area contributed by atoms with Crippen molar-refractivity contribution in [3.8, 4) is 0 Å². The predicted octanol–water partition coefficient (Wildman–Crippen LogP) is 3.86. The van der Waals surface area contributed by atoms with Crippen LogP contribution in [-0.4, -0.2) is 25.0 Å². The Labute approximate surface area is 141 Å². The molecule has 0 aromatic heterocycles. The fraction of sp³-hybridized carbons (Fsp3) is 0.278. The van der Waals surface area contributed by atoms with Gasteiger partial charge in [0, 0.05) is 0 Å². The van der Waals surface area contributed by atoms with E-state index in [9.17, 15) is 4.79 Å². The Morgan fingerprint density at radius 3 is 2.45 bits per heavy atom. The topological polar surface area (TPSA) is 29.1 Å². The van der Waals surface area contributed by atoms with Gasteiger partial charge in [0.1, 0.15) is 0 Å². The standard InChI is InChI=1S/C18H19NOSSe/c20-18(19-14-8-2-1-3-9-14)16-12-6-7-13-17(16)22-21-15-10-4-5-11-15/h1-3,6-9,12-13,15H,4-5,10-11H2,(H,19,20). The van der Waals surface area contributed by atoms with Crippen molar-refractivity contribution in [3.05, 3.63) is 60.2 Å². The van der Waals surface area contributed by atoms with Gasteiger partial charge >= 0.3 is 141 Å². The van der Waals surface area contributed by atoms with Crippen LogP contribution in [-0.2, 0) is 0 Å². The van der Waals surface area contributed by atoms with Gasteiger partial charge < -0.3 is 0 Å². The molecule has 2 aromatic rings. The minimum atomic E-state index is -0.00398. The molecule has 0 radical (unpaired) electrons. The van der Waals surface area contributed by atoms with Gasteiger partial charge in [0.15, 0.2) is 0 Å². The second kappa shape index (κ2) is 7.87. The summed E-state index contributed by atoms with van der Waals surface area (Å²) in [4.78, 5) is 12.5. The zero-order chi connectivity index (χ0) is 15.2. The maximum absolute atomic E-state index is 12.5. The molecule has 1 aliphatic rings. The fourth-order valence-electron chi connectivity index (χ4n) is 2.55. The molecule has 0 heterocycles. The van der Waals surface area contributed by atoms with Crippen LogP contribution < -0.4 is 9.78 Å². The summed E-state index contributed by atoms with van der Waals surface area (Å²) in [7, 11) is 2.06. The third kappa shape index (κ3) is 4.16. The molecule has 0 unspecified atom stereocenters. The van der Waals surface area contributed by atoms with Crippen LogP contribution in [0.1, 0.15) is 36.0 Å². The summed E-state index contributed by atoms with van der Waals surface area (Å²) in [5, 5.41) is 3.78.